The minimum Gasteiger partial charge on any atom is -0.368 e. The Balaban J connectivity index is 1.35. The molecule has 0 aromatic heterocycles. The third kappa shape index (κ3) is 4.83. The number of amides is 2. The van der Waals surface area contributed by atoms with Gasteiger partial charge in [-0.1, -0.05) is 6.07 Å². The zero-order chi connectivity index (χ0) is 21.8. The minimum atomic E-state index is -0.424. The second-order valence-electron chi connectivity index (χ2n) is 7.62. The molecule has 2 aromatic rings. The smallest absolute Gasteiger partial charge is 0.269 e. The van der Waals surface area contributed by atoms with Crippen LogP contribution in [0.4, 0.5) is 17.1 Å². The molecule has 0 aliphatic carbocycles. The van der Waals surface area contributed by atoms with Gasteiger partial charge in [-0.2, -0.15) is 0 Å². The number of rotatable bonds is 5. The predicted octanol–water partition coefficient (Wildman–Crippen LogP) is 2.67. The van der Waals surface area contributed by atoms with Gasteiger partial charge < -0.3 is 19.9 Å². The molecule has 2 aromatic carbocycles. The van der Waals surface area contributed by atoms with Crippen molar-refractivity contribution in [2.24, 2.45) is 0 Å². The second-order valence-corrected chi connectivity index (χ2v) is 7.62. The lowest BCUT2D eigenvalue weighted by molar-refractivity contribution is -0.384. The molecule has 1 N–H and O–H groups in total. The number of hydrogen-bond donors (Lipinski definition) is 1. The molecule has 0 spiro atoms. The number of hydrogen-bond acceptors (Lipinski definition) is 6. The Kier molecular flexibility index (Phi) is 6.13. The van der Waals surface area contributed by atoms with Gasteiger partial charge in [0.25, 0.3) is 17.5 Å². The Bertz CT molecular complexity index is 964. The number of non-ortho nitro benzene ring substituents is 1. The highest BCUT2D eigenvalue weighted by Gasteiger charge is 2.25. The Morgan fingerprint density at radius 2 is 1.81 bits per heavy atom. The average Bonchev–Trinajstić information content (AvgIpc) is 3.34. The molecule has 31 heavy (non-hydrogen) atoms. The number of piperazine rings is 1. The van der Waals surface area contributed by atoms with E-state index >= 15 is 0 Å². The summed E-state index contributed by atoms with van der Waals surface area (Å²) in [4.78, 5) is 39.5. The van der Waals surface area contributed by atoms with Crippen LogP contribution in [0.3, 0.4) is 0 Å². The normalized spacial score (nSPS) is 18.6. The topological polar surface area (TPSA) is 105 Å². The van der Waals surface area contributed by atoms with Gasteiger partial charge in [0.05, 0.1) is 4.92 Å². The van der Waals surface area contributed by atoms with Crippen LogP contribution in [0.15, 0.2) is 48.5 Å². The number of nitro benzene ring substituents is 1. The van der Waals surface area contributed by atoms with Gasteiger partial charge in [0.15, 0.2) is 0 Å². The standard InChI is InChI=1S/C22H24N4O5/c27-21(20-5-2-14-31-20)23-17-4-1-3-16(15-17)22(28)25-12-10-24(11-13-25)18-6-8-19(9-7-18)26(29)30/h1,3-4,6-9,15,20H,2,5,10-14H2,(H,23,27). The van der Waals surface area contributed by atoms with E-state index in [-0.39, 0.29) is 17.5 Å². The lowest BCUT2D eigenvalue weighted by atomic mass is 10.1. The average molecular weight is 424 g/mol. The van der Waals surface area contributed by atoms with Crippen molar-refractivity contribution < 1.29 is 19.2 Å². The van der Waals surface area contributed by atoms with E-state index in [1.165, 1.54) is 12.1 Å². The van der Waals surface area contributed by atoms with Gasteiger partial charge in [-0.3, -0.25) is 19.7 Å². The van der Waals surface area contributed by atoms with Gasteiger partial charge in [0, 0.05) is 61.9 Å². The SMILES string of the molecule is O=C(Nc1cccc(C(=O)N2CCN(c3ccc([N+](=O)[O-])cc3)CC2)c1)C1CCCO1. The van der Waals surface area contributed by atoms with E-state index in [2.05, 4.69) is 10.2 Å². The molecule has 1 atom stereocenters. The van der Waals surface area contributed by atoms with Crippen LogP contribution in [0.1, 0.15) is 23.2 Å². The van der Waals surface area contributed by atoms with Gasteiger partial charge in [0.2, 0.25) is 0 Å². The molecular formula is C22H24N4O5. The fourth-order valence-corrected chi connectivity index (χ4v) is 3.87. The van der Waals surface area contributed by atoms with E-state index < -0.39 is 11.0 Å². The van der Waals surface area contributed by atoms with E-state index in [9.17, 15) is 19.7 Å². The summed E-state index contributed by atoms with van der Waals surface area (Å²) in [5.41, 5.74) is 2.06. The molecule has 2 fully saturated rings. The van der Waals surface area contributed by atoms with Crippen LogP contribution in [0.5, 0.6) is 0 Å². The van der Waals surface area contributed by atoms with Crippen molar-refractivity contribution in [1.82, 2.24) is 4.90 Å². The first-order valence-corrected chi connectivity index (χ1v) is 10.3. The molecule has 0 radical (unpaired) electrons. The van der Waals surface area contributed by atoms with Crippen LogP contribution in [-0.4, -0.2) is 60.5 Å². The number of ether oxygens (including phenoxy) is 1. The second kappa shape index (κ2) is 9.13. The fourth-order valence-electron chi connectivity index (χ4n) is 3.87. The Morgan fingerprint density at radius 3 is 2.45 bits per heavy atom. The highest BCUT2D eigenvalue weighted by atomic mass is 16.6. The Hall–Kier alpha value is -3.46. The quantitative estimate of drug-likeness (QED) is 0.584. The van der Waals surface area contributed by atoms with E-state index in [1.54, 1.807) is 41.3 Å². The Labute approximate surface area is 179 Å². The first kappa shape index (κ1) is 20.8. The molecule has 2 aliphatic rings. The summed E-state index contributed by atoms with van der Waals surface area (Å²) in [5.74, 6) is -0.268. The molecule has 9 nitrogen and oxygen atoms in total. The summed E-state index contributed by atoms with van der Waals surface area (Å²) in [7, 11) is 0. The van der Waals surface area contributed by atoms with Crippen LogP contribution < -0.4 is 10.2 Å². The van der Waals surface area contributed by atoms with Crippen LogP contribution in [0, 0.1) is 10.1 Å². The molecule has 1 unspecified atom stereocenters. The fraction of sp³-hybridized carbons (Fsp3) is 0.364. The first-order valence-electron chi connectivity index (χ1n) is 10.3. The maximum atomic E-state index is 13.0. The highest BCUT2D eigenvalue weighted by molar-refractivity contribution is 5.98. The Morgan fingerprint density at radius 1 is 1.06 bits per heavy atom. The number of anilines is 2. The highest BCUT2D eigenvalue weighted by Crippen LogP contribution is 2.22. The van der Waals surface area contributed by atoms with E-state index in [4.69, 9.17) is 4.74 Å². The number of nitro groups is 1. The first-order chi connectivity index (χ1) is 15.0. The third-order valence-electron chi connectivity index (χ3n) is 5.59. The van der Waals surface area contributed by atoms with Crippen molar-refractivity contribution in [2.45, 2.75) is 18.9 Å². The summed E-state index contributed by atoms with van der Waals surface area (Å²) < 4.78 is 5.40. The van der Waals surface area contributed by atoms with Gasteiger partial charge in [-0.15, -0.1) is 0 Å². The van der Waals surface area contributed by atoms with Crippen LogP contribution in [-0.2, 0) is 9.53 Å². The van der Waals surface area contributed by atoms with Crippen molar-refractivity contribution in [3.05, 3.63) is 64.2 Å². The summed E-state index contributed by atoms with van der Waals surface area (Å²) in [6.45, 7) is 2.96. The number of nitrogens with one attached hydrogen (secondary N) is 1. The summed E-state index contributed by atoms with van der Waals surface area (Å²) in [6.07, 6.45) is 1.17. The number of carbonyl (C=O) groups excluding carboxylic acids is 2. The van der Waals surface area contributed by atoms with Gasteiger partial charge >= 0.3 is 0 Å². The van der Waals surface area contributed by atoms with E-state index in [1.807, 2.05) is 0 Å². The maximum Gasteiger partial charge on any atom is 0.269 e. The molecule has 0 saturated carbocycles. The van der Waals surface area contributed by atoms with Crippen LogP contribution in [0.25, 0.3) is 0 Å². The molecule has 2 saturated heterocycles. The molecule has 2 heterocycles. The summed E-state index contributed by atoms with van der Waals surface area (Å²) in [6, 6.07) is 13.4. The number of benzene rings is 2. The van der Waals surface area contributed by atoms with Crippen molar-refractivity contribution in [1.29, 1.82) is 0 Å². The van der Waals surface area contributed by atoms with E-state index in [0.29, 0.717) is 50.5 Å². The summed E-state index contributed by atoms with van der Waals surface area (Å²) >= 11 is 0. The van der Waals surface area contributed by atoms with Gasteiger partial charge in [-0.25, -0.2) is 0 Å². The van der Waals surface area contributed by atoms with Gasteiger partial charge in [-0.05, 0) is 43.2 Å². The van der Waals surface area contributed by atoms with Crippen LogP contribution >= 0.6 is 0 Å². The molecule has 9 heteroatoms. The summed E-state index contributed by atoms with van der Waals surface area (Å²) in [5, 5.41) is 13.6. The maximum absolute atomic E-state index is 13.0. The van der Waals surface area contributed by atoms with Crippen molar-refractivity contribution in [3.8, 4) is 0 Å². The minimum absolute atomic E-state index is 0.0593. The zero-order valence-corrected chi connectivity index (χ0v) is 17.0. The zero-order valence-electron chi connectivity index (χ0n) is 17.0. The largest absolute Gasteiger partial charge is 0.368 e. The monoisotopic (exact) mass is 424 g/mol. The molecule has 0 bridgehead atoms. The lowest BCUT2D eigenvalue weighted by Crippen LogP contribution is -2.48. The van der Waals surface area contributed by atoms with Crippen molar-refractivity contribution >= 4 is 28.9 Å². The molecule has 2 amide bonds. The van der Waals surface area contributed by atoms with Gasteiger partial charge in [0.1, 0.15) is 6.10 Å². The van der Waals surface area contributed by atoms with Crippen molar-refractivity contribution in [3.63, 3.8) is 0 Å². The molecule has 162 valence electrons. The number of carbonyl (C=O) groups is 2. The lowest BCUT2D eigenvalue weighted by Gasteiger charge is -2.36. The molecule has 2 aliphatic heterocycles. The predicted molar refractivity (Wildman–Crippen MR) is 115 cm³/mol. The number of nitrogens with zero attached hydrogens (tertiary/aromatic N) is 3. The third-order valence-corrected chi connectivity index (χ3v) is 5.59. The molecular weight excluding hydrogens is 400 g/mol. The molecule has 4 rings (SSSR count). The van der Waals surface area contributed by atoms with E-state index in [0.717, 1.165) is 12.1 Å². The van der Waals surface area contributed by atoms with Crippen LogP contribution in [0.2, 0.25) is 0 Å². The van der Waals surface area contributed by atoms with Crippen molar-refractivity contribution in [2.75, 3.05) is 43.0 Å².